The quantitative estimate of drug-likeness (QED) is 0.343. The number of ether oxygens (including phenoxy) is 1. The maximum atomic E-state index is 11.1. The molecule has 0 aromatic carbocycles. The van der Waals surface area contributed by atoms with Crippen molar-refractivity contribution in [1.82, 2.24) is 0 Å². The van der Waals surface area contributed by atoms with E-state index in [2.05, 4.69) is 4.52 Å². The average Bonchev–Trinajstić information content (AvgIpc) is 2.01. The van der Waals surface area contributed by atoms with Crippen molar-refractivity contribution in [3.63, 3.8) is 0 Å². The van der Waals surface area contributed by atoms with Crippen LogP contribution < -0.4 is 5.73 Å². The first-order valence-electron chi connectivity index (χ1n) is 4.41. The van der Waals surface area contributed by atoms with Gasteiger partial charge in [0.1, 0.15) is 0 Å². The van der Waals surface area contributed by atoms with Crippen LogP contribution in [0.5, 0.6) is 0 Å². The molecule has 0 aromatic rings. The van der Waals surface area contributed by atoms with E-state index < -0.39 is 19.5 Å². The number of hydrogen-bond acceptors (Lipinski definition) is 5. The predicted octanol–water partition coefficient (Wildman–Crippen LogP) is 0.114. The summed E-state index contributed by atoms with van der Waals surface area (Å²) < 4.78 is 19.1. The molecule has 0 aliphatic carbocycles. The molecule has 0 spiro atoms. The second-order valence-electron chi connectivity index (χ2n) is 3.18. The summed E-state index contributed by atoms with van der Waals surface area (Å²) in [5.74, 6) is -1.29. The lowest BCUT2D eigenvalue weighted by molar-refractivity contribution is -0.161. The van der Waals surface area contributed by atoms with Gasteiger partial charge < -0.3 is 9.26 Å². The zero-order valence-corrected chi connectivity index (χ0v) is 9.57. The summed E-state index contributed by atoms with van der Waals surface area (Å²) >= 11 is 0. The Labute approximate surface area is 87.8 Å². The topological polar surface area (TPSA) is 119 Å². The van der Waals surface area contributed by atoms with Crippen LogP contribution in [0.15, 0.2) is 0 Å². The Balaban J connectivity index is 4.20. The monoisotopic (exact) mass is 241 g/mol. The van der Waals surface area contributed by atoms with Gasteiger partial charge in [-0.3, -0.25) is 15.5 Å². The fourth-order valence-electron chi connectivity index (χ4n) is 0.686. The van der Waals surface area contributed by atoms with Gasteiger partial charge in [0.2, 0.25) is 5.72 Å². The molecule has 0 saturated carbocycles. The lowest BCUT2D eigenvalue weighted by Crippen LogP contribution is -2.48. The van der Waals surface area contributed by atoms with Crippen LogP contribution in [0.2, 0.25) is 0 Å². The Morgan fingerprint density at radius 2 is 2.07 bits per heavy atom. The first-order valence-corrected chi connectivity index (χ1v) is 5.94. The van der Waals surface area contributed by atoms with Gasteiger partial charge in [0, 0.05) is 6.61 Å². The van der Waals surface area contributed by atoms with Crippen LogP contribution in [0, 0.1) is 0 Å². The van der Waals surface area contributed by atoms with Crippen molar-refractivity contribution in [2.75, 3.05) is 6.61 Å². The van der Waals surface area contributed by atoms with Gasteiger partial charge in [-0.2, -0.15) is 0 Å². The molecule has 15 heavy (non-hydrogen) atoms. The minimum absolute atomic E-state index is 0.222. The molecule has 0 heterocycles. The van der Waals surface area contributed by atoms with Crippen molar-refractivity contribution in [2.45, 2.75) is 32.4 Å². The Hall–Kier alpha value is -0.460. The summed E-state index contributed by atoms with van der Waals surface area (Å²) in [6.07, 6.45) is 1.54. The number of nitrogens with two attached hydrogens (primary N) is 1. The lowest BCUT2D eigenvalue weighted by atomic mass is 10.3. The summed E-state index contributed by atoms with van der Waals surface area (Å²) in [7, 11) is -4.87. The van der Waals surface area contributed by atoms with Crippen molar-refractivity contribution in [3.8, 4) is 0 Å². The zero-order valence-electron chi connectivity index (χ0n) is 8.67. The molecule has 0 saturated heterocycles. The molecule has 0 aliphatic heterocycles. The largest absolute Gasteiger partial charge is 0.527 e. The molecule has 0 aromatic heterocycles. The molecular formula is C7H16NO6P. The summed E-state index contributed by atoms with van der Waals surface area (Å²) in [6, 6.07) is 0. The molecule has 8 heteroatoms. The summed E-state index contributed by atoms with van der Waals surface area (Å²) in [5, 5.41) is 0. The van der Waals surface area contributed by atoms with E-state index in [0.29, 0.717) is 6.42 Å². The third-order valence-electron chi connectivity index (χ3n) is 1.51. The van der Waals surface area contributed by atoms with E-state index in [4.69, 9.17) is 20.3 Å². The molecule has 0 bridgehead atoms. The van der Waals surface area contributed by atoms with E-state index in [1.165, 1.54) is 6.92 Å². The predicted molar refractivity (Wildman–Crippen MR) is 51.6 cm³/mol. The van der Waals surface area contributed by atoms with Crippen molar-refractivity contribution in [3.05, 3.63) is 0 Å². The Bertz CT molecular complexity index is 260. The summed E-state index contributed by atoms with van der Waals surface area (Å²) in [4.78, 5) is 27.9. The van der Waals surface area contributed by atoms with Gasteiger partial charge in [0.05, 0.1) is 0 Å². The second-order valence-corrected chi connectivity index (χ2v) is 4.34. The van der Waals surface area contributed by atoms with Crippen LogP contribution in [0.1, 0.15) is 26.7 Å². The molecular weight excluding hydrogens is 225 g/mol. The minimum atomic E-state index is -4.87. The summed E-state index contributed by atoms with van der Waals surface area (Å²) in [5.41, 5.74) is 3.53. The number of unbranched alkanes of at least 4 members (excludes halogenated alkanes) is 1. The van der Waals surface area contributed by atoms with Gasteiger partial charge >= 0.3 is 13.8 Å². The van der Waals surface area contributed by atoms with Gasteiger partial charge in [-0.05, 0) is 13.3 Å². The van der Waals surface area contributed by atoms with E-state index in [0.717, 1.165) is 6.42 Å². The normalized spacial score (nSPS) is 15.8. The molecule has 4 N–H and O–H groups in total. The molecule has 0 aliphatic rings. The Kier molecular flexibility index (Phi) is 5.41. The van der Waals surface area contributed by atoms with Crippen molar-refractivity contribution >= 4 is 13.8 Å². The Morgan fingerprint density at radius 3 is 2.47 bits per heavy atom. The van der Waals surface area contributed by atoms with Gasteiger partial charge in [0.15, 0.2) is 0 Å². The molecule has 0 rings (SSSR count). The SMILES string of the molecule is CCCCO[C@](C)(N)C(=O)OP(=O)(O)O. The second kappa shape index (κ2) is 5.58. The maximum Gasteiger partial charge on any atom is 0.527 e. The number of carbonyl (C=O) groups is 1. The van der Waals surface area contributed by atoms with Crippen LogP contribution in [0.3, 0.4) is 0 Å². The van der Waals surface area contributed by atoms with Crippen LogP contribution in [0.4, 0.5) is 0 Å². The van der Waals surface area contributed by atoms with E-state index >= 15 is 0 Å². The van der Waals surface area contributed by atoms with Crippen molar-refractivity contribution in [1.29, 1.82) is 0 Å². The number of hydrogen-bond donors (Lipinski definition) is 3. The first kappa shape index (κ1) is 14.5. The molecule has 0 unspecified atom stereocenters. The lowest BCUT2D eigenvalue weighted by Gasteiger charge is -2.22. The zero-order chi connectivity index (χ0) is 12.1. The van der Waals surface area contributed by atoms with Gasteiger partial charge in [-0.1, -0.05) is 13.3 Å². The third-order valence-corrected chi connectivity index (χ3v) is 1.91. The van der Waals surface area contributed by atoms with E-state index in [1.807, 2.05) is 6.92 Å². The van der Waals surface area contributed by atoms with Gasteiger partial charge in [-0.25, -0.2) is 9.36 Å². The first-order chi connectivity index (χ1) is 6.69. The highest BCUT2D eigenvalue weighted by Gasteiger charge is 2.36. The van der Waals surface area contributed by atoms with Crippen LogP contribution in [-0.2, 0) is 18.6 Å². The molecule has 90 valence electrons. The number of rotatable bonds is 6. The maximum absolute atomic E-state index is 11.1. The number of phosphoric acid groups is 1. The van der Waals surface area contributed by atoms with E-state index in [9.17, 15) is 9.36 Å². The highest BCUT2D eigenvalue weighted by Crippen LogP contribution is 2.37. The van der Waals surface area contributed by atoms with E-state index in [-0.39, 0.29) is 6.61 Å². The molecule has 0 amide bonds. The minimum Gasteiger partial charge on any atom is -0.367 e. The highest BCUT2D eigenvalue weighted by molar-refractivity contribution is 7.46. The summed E-state index contributed by atoms with van der Waals surface area (Å²) in [6.45, 7) is 3.32. The highest BCUT2D eigenvalue weighted by atomic mass is 31.2. The van der Waals surface area contributed by atoms with Gasteiger partial charge in [-0.15, -0.1) is 0 Å². The fourth-order valence-corrected chi connectivity index (χ4v) is 1.08. The molecule has 0 fully saturated rings. The average molecular weight is 241 g/mol. The Morgan fingerprint density at radius 1 is 1.53 bits per heavy atom. The molecule has 7 nitrogen and oxygen atoms in total. The smallest absolute Gasteiger partial charge is 0.367 e. The standard InChI is InChI=1S/C7H16NO6P/c1-3-4-5-13-7(2,8)6(9)14-15(10,11)12/h3-5,8H2,1-2H3,(H2,10,11,12)/t7-/m0/s1. The van der Waals surface area contributed by atoms with Gasteiger partial charge in [0.25, 0.3) is 0 Å². The molecule has 0 radical (unpaired) electrons. The van der Waals surface area contributed by atoms with Crippen LogP contribution in [-0.4, -0.2) is 28.1 Å². The van der Waals surface area contributed by atoms with E-state index in [1.54, 1.807) is 0 Å². The van der Waals surface area contributed by atoms with Crippen molar-refractivity contribution in [2.24, 2.45) is 5.73 Å². The number of carbonyl (C=O) groups excluding carboxylic acids is 1. The fraction of sp³-hybridized carbons (Fsp3) is 0.857. The van der Waals surface area contributed by atoms with Crippen LogP contribution in [0.25, 0.3) is 0 Å². The van der Waals surface area contributed by atoms with Crippen molar-refractivity contribution < 1.29 is 28.4 Å². The van der Waals surface area contributed by atoms with Crippen LogP contribution >= 0.6 is 7.82 Å². The third kappa shape index (κ3) is 6.59. The number of phosphoric ester groups is 1. The molecule has 1 atom stereocenters.